The van der Waals surface area contributed by atoms with E-state index in [9.17, 15) is 0 Å². The van der Waals surface area contributed by atoms with Gasteiger partial charge in [0.05, 0.1) is 14.6 Å². The third kappa shape index (κ3) is 1.64. The molecule has 1 N–H and O–H groups in total. The molecule has 1 fully saturated rings. The molecule has 3 heteroatoms. The number of aliphatic hydroxyl groups is 1. The molecular formula is C6H12O3. The van der Waals surface area contributed by atoms with Crippen LogP contribution in [0.5, 0.6) is 0 Å². The van der Waals surface area contributed by atoms with E-state index in [1.54, 1.807) is 13.8 Å². The first-order valence-electron chi connectivity index (χ1n) is 3.51. The molecular weight excluding hydrogens is 120 g/mol. The molecule has 54 valence electrons. The van der Waals surface area contributed by atoms with Gasteiger partial charge in [-0.15, -0.1) is 0 Å². The monoisotopic (exact) mass is 133 g/mol. The van der Waals surface area contributed by atoms with E-state index >= 15 is 0 Å². The van der Waals surface area contributed by atoms with Crippen molar-refractivity contribution in [3.63, 3.8) is 0 Å². The second-order valence-electron chi connectivity index (χ2n) is 2.49. The third-order valence-electron chi connectivity index (χ3n) is 1.12. The van der Waals surface area contributed by atoms with Gasteiger partial charge in [-0.3, -0.25) is 0 Å². The van der Waals surface area contributed by atoms with Gasteiger partial charge in [0.2, 0.25) is 0 Å². The summed E-state index contributed by atoms with van der Waals surface area (Å²) in [5.74, 6) is -0.709. The highest BCUT2D eigenvalue weighted by Gasteiger charge is 2.31. The van der Waals surface area contributed by atoms with Gasteiger partial charge in [0.25, 0.3) is 0 Å². The molecule has 1 saturated heterocycles. The summed E-state index contributed by atoms with van der Waals surface area (Å²) in [6.07, 6.45) is -0.491. The Morgan fingerprint density at radius 2 is 2.56 bits per heavy atom. The second-order valence-corrected chi connectivity index (χ2v) is 2.49. The summed E-state index contributed by atoms with van der Waals surface area (Å²) in [4.78, 5) is 0. The SMILES string of the molecule is [2H][C@H]1OC(C)(C)O[C@H]1CO. The Labute approximate surface area is 56.0 Å². The molecule has 0 aliphatic carbocycles. The van der Waals surface area contributed by atoms with Crippen LogP contribution >= 0.6 is 0 Å². The molecule has 0 aromatic carbocycles. The van der Waals surface area contributed by atoms with E-state index in [-0.39, 0.29) is 6.61 Å². The summed E-state index contributed by atoms with van der Waals surface area (Å²) >= 11 is 0. The highest BCUT2D eigenvalue weighted by molar-refractivity contribution is 4.69. The molecule has 1 rings (SSSR count). The molecule has 1 aliphatic rings. The zero-order chi connectivity index (χ0) is 7.78. The van der Waals surface area contributed by atoms with Crippen LogP contribution in [0.25, 0.3) is 0 Å². The van der Waals surface area contributed by atoms with Crippen LogP contribution in [-0.2, 0) is 9.47 Å². The van der Waals surface area contributed by atoms with Crippen LogP contribution in [0.4, 0.5) is 0 Å². The van der Waals surface area contributed by atoms with Gasteiger partial charge in [-0.25, -0.2) is 0 Å². The van der Waals surface area contributed by atoms with Crippen molar-refractivity contribution >= 4 is 0 Å². The molecule has 3 nitrogen and oxygen atoms in total. The Morgan fingerprint density at radius 1 is 1.89 bits per heavy atom. The topological polar surface area (TPSA) is 38.7 Å². The number of hydrogen-bond donors (Lipinski definition) is 1. The standard InChI is InChI=1S/C6H12O3/c1-6(2)8-4-5(3-7)9-6/h5,7H,3-4H2,1-2H3/t5-/m0/s1/i4D/t4-,5+/m1. The van der Waals surface area contributed by atoms with Crippen molar-refractivity contribution in [2.24, 2.45) is 0 Å². The van der Waals surface area contributed by atoms with E-state index in [1.807, 2.05) is 0 Å². The van der Waals surface area contributed by atoms with Gasteiger partial charge in [0.15, 0.2) is 5.79 Å². The molecule has 1 heterocycles. The Balaban J connectivity index is 2.52. The van der Waals surface area contributed by atoms with Crippen molar-refractivity contribution in [3.05, 3.63) is 0 Å². The summed E-state index contributed by atoms with van der Waals surface area (Å²) in [5, 5.41) is 8.64. The largest absolute Gasteiger partial charge is 0.394 e. The first-order chi connectivity index (χ1) is 4.55. The van der Waals surface area contributed by atoms with Crippen molar-refractivity contribution in [1.29, 1.82) is 0 Å². The maximum Gasteiger partial charge on any atom is 0.163 e. The Bertz CT molecular complexity index is 126. The first kappa shape index (κ1) is 5.65. The third-order valence-corrected chi connectivity index (χ3v) is 1.12. The zero-order valence-electron chi connectivity index (χ0n) is 6.63. The summed E-state index contributed by atoms with van der Waals surface area (Å²) in [6, 6.07) is 0. The first-order valence-corrected chi connectivity index (χ1v) is 2.94. The van der Waals surface area contributed by atoms with Crippen LogP contribution in [-0.4, -0.2) is 30.2 Å². The van der Waals surface area contributed by atoms with Gasteiger partial charge in [0, 0.05) is 0 Å². The highest BCUT2D eigenvalue weighted by Crippen LogP contribution is 2.21. The number of hydrogen-bond acceptors (Lipinski definition) is 3. The van der Waals surface area contributed by atoms with Crippen LogP contribution in [0.3, 0.4) is 0 Å². The predicted octanol–water partition coefficient (Wildman–Crippen LogP) is 0.130. The highest BCUT2D eigenvalue weighted by atomic mass is 16.7. The van der Waals surface area contributed by atoms with Crippen molar-refractivity contribution in [2.75, 3.05) is 13.2 Å². The molecule has 9 heavy (non-hydrogen) atoms. The quantitative estimate of drug-likeness (QED) is 0.552. The molecule has 0 amide bonds. The number of ether oxygens (including phenoxy) is 2. The fraction of sp³-hybridized carbons (Fsp3) is 1.00. The van der Waals surface area contributed by atoms with E-state index in [0.717, 1.165) is 0 Å². The van der Waals surface area contributed by atoms with Crippen molar-refractivity contribution in [2.45, 2.75) is 25.7 Å². The van der Waals surface area contributed by atoms with E-state index in [2.05, 4.69) is 0 Å². The summed E-state index contributed by atoms with van der Waals surface area (Å²) < 4.78 is 17.4. The summed E-state index contributed by atoms with van der Waals surface area (Å²) in [5.41, 5.74) is 0. The number of aliphatic hydroxyl groups excluding tert-OH is 1. The minimum atomic E-state index is -0.750. The molecule has 0 saturated carbocycles. The predicted molar refractivity (Wildman–Crippen MR) is 32.0 cm³/mol. The molecule has 0 bridgehead atoms. The van der Waals surface area contributed by atoms with Crippen molar-refractivity contribution in [3.8, 4) is 0 Å². The van der Waals surface area contributed by atoms with Crippen LogP contribution in [0, 0.1) is 0 Å². The lowest BCUT2D eigenvalue weighted by atomic mass is 10.4. The summed E-state index contributed by atoms with van der Waals surface area (Å²) in [7, 11) is 0. The van der Waals surface area contributed by atoms with E-state index in [1.165, 1.54) is 0 Å². The molecule has 0 radical (unpaired) electrons. The van der Waals surface area contributed by atoms with Crippen LogP contribution in [0.1, 0.15) is 15.2 Å². The lowest BCUT2D eigenvalue weighted by Gasteiger charge is -2.15. The van der Waals surface area contributed by atoms with E-state index in [0.29, 0.717) is 0 Å². The van der Waals surface area contributed by atoms with Crippen LogP contribution in [0.2, 0.25) is 0 Å². The molecule has 0 aromatic rings. The summed E-state index contributed by atoms with van der Waals surface area (Å²) in [6.45, 7) is 2.55. The lowest BCUT2D eigenvalue weighted by molar-refractivity contribution is -0.142. The van der Waals surface area contributed by atoms with Gasteiger partial charge in [-0.05, 0) is 13.8 Å². The van der Waals surface area contributed by atoms with Crippen LogP contribution in [0.15, 0.2) is 0 Å². The fourth-order valence-corrected chi connectivity index (χ4v) is 0.740. The fourth-order valence-electron chi connectivity index (χ4n) is 0.740. The van der Waals surface area contributed by atoms with Gasteiger partial charge in [-0.1, -0.05) is 0 Å². The lowest BCUT2D eigenvalue weighted by Crippen LogP contribution is -2.22. The normalized spacial score (nSPS) is 42.8. The van der Waals surface area contributed by atoms with Gasteiger partial charge in [0.1, 0.15) is 6.10 Å². The van der Waals surface area contributed by atoms with Gasteiger partial charge < -0.3 is 14.6 Å². The molecule has 2 atom stereocenters. The number of rotatable bonds is 1. The maximum absolute atomic E-state index is 8.64. The molecule has 1 aliphatic heterocycles. The van der Waals surface area contributed by atoms with Gasteiger partial charge >= 0.3 is 0 Å². The average Bonchev–Trinajstić information content (AvgIpc) is 2.05. The Kier molecular flexibility index (Phi) is 1.41. The van der Waals surface area contributed by atoms with Crippen molar-refractivity contribution < 1.29 is 16.0 Å². The minimum Gasteiger partial charge on any atom is -0.394 e. The molecule has 0 unspecified atom stereocenters. The minimum absolute atomic E-state index is 0.155. The average molecular weight is 133 g/mol. The smallest absolute Gasteiger partial charge is 0.163 e. The van der Waals surface area contributed by atoms with Crippen LogP contribution < -0.4 is 0 Å². The zero-order valence-corrected chi connectivity index (χ0v) is 5.63. The van der Waals surface area contributed by atoms with Gasteiger partial charge in [-0.2, -0.15) is 0 Å². The molecule has 0 aromatic heterocycles. The maximum atomic E-state index is 8.64. The second kappa shape index (κ2) is 2.25. The molecule has 0 spiro atoms. The Hall–Kier alpha value is -0.120. The van der Waals surface area contributed by atoms with E-state index < -0.39 is 18.5 Å². The van der Waals surface area contributed by atoms with Crippen molar-refractivity contribution in [1.82, 2.24) is 0 Å². The Morgan fingerprint density at radius 3 is 2.78 bits per heavy atom. The van der Waals surface area contributed by atoms with E-state index in [4.69, 9.17) is 16.0 Å².